The molecule has 0 spiro atoms. The van der Waals surface area contributed by atoms with E-state index in [1.54, 1.807) is 19.2 Å². The highest BCUT2D eigenvalue weighted by Gasteiger charge is 2.27. The quantitative estimate of drug-likeness (QED) is 0.294. The van der Waals surface area contributed by atoms with Gasteiger partial charge >= 0.3 is 6.18 Å². The minimum Gasteiger partial charge on any atom is -0.493 e. The van der Waals surface area contributed by atoms with Crippen LogP contribution in [0.5, 0.6) is 5.75 Å². The van der Waals surface area contributed by atoms with Gasteiger partial charge in [0.15, 0.2) is 5.96 Å². The number of alkyl halides is 3. The third-order valence-corrected chi connectivity index (χ3v) is 4.70. The zero-order valence-electron chi connectivity index (χ0n) is 17.3. The van der Waals surface area contributed by atoms with E-state index < -0.39 is 12.8 Å². The fourth-order valence-electron chi connectivity index (χ4n) is 3.17. The summed E-state index contributed by atoms with van der Waals surface area (Å²) in [6.07, 6.45) is -2.46. The van der Waals surface area contributed by atoms with E-state index in [-0.39, 0.29) is 30.6 Å². The van der Waals surface area contributed by atoms with Gasteiger partial charge < -0.3 is 20.1 Å². The summed E-state index contributed by atoms with van der Waals surface area (Å²) in [7, 11) is 1.71. The van der Waals surface area contributed by atoms with E-state index in [2.05, 4.69) is 32.5 Å². The highest BCUT2D eigenvalue weighted by molar-refractivity contribution is 14.0. The predicted octanol–water partition coefficient (Wildman–Crippen LogP) is 4.23. The van der Waals surface area contributed by atoms with Gasteiger partial charge in [0.25, 0.3) is 0 Å². The van der Waals surface area contributed by atoms with Crippen LogP contribution in [-0.4, -0.2) is 38.9 Å². The Bertz CT molecular complexity index is 858. The van der Waals surface area contributed by atoms with Crippen LogP contribution in [0.2, 0.25) is 0 Å². The number of ether oxygens (including phenoxy) is 2. The molecule has 31 heavy (non-hydrogen) atoms. The topological polar surface area (TPSA) is 54.9 Å². The van der Waals surface area contributed by atoms with Crippen molar-refractivity contribution in [3.63, 3.8) is 0 Å². The largest absolute Gasteiger partial charge is 0.493 e. The maximum absolute atomic E-state index is 12.1. The van der Waals surface area contributed by atoms with Gasteiger partial charge in [0.1, 0.15) is 12.4 Å². The first-order chi connectivity index (χ1) is 14.4. The number of fused-ring (bicyclic) bond motifs is 1. The minimum atomic E-state index is -4.30. The third-order valence-electron chi connectivity index (χ3n) is 4.70. The molecule has 1 heterocycles. The Hall–Kier alpha value is -2.01. The Morgan fingerprint density at radius 2 is 1.77 bits per heavy atom. The zero-order valence-corrected chi connectivity index (χ0v) is 19.6. The number of rotatable bonds is 8. The number of guanidine groups is 1. The second kappa shape index (κ2) is 12.1. The summed E-state index contributed by atoms with van der Waals surface area (Å²) in [4.78, 5) is 4.22. The van der Waals surface area contributed by atoms with Crippen molar-refractivity contribution in [2.45, 2.75) is 32.2 Å². The first kappa shape index (κ1) is 25.3. The molecule has 0 amide bonds. The van der Waals surface area contributed by atoms with Gasteiger partial charge in [0.05, 0.1) is 13.2 Å². The zero-order chi connectivity index (χ0) is 21.4. The van der Waals surface area contributed by atoms with E-state index in [0.29, 0.717) is 18.1 Å². The van der Waals surface area contributed by atoms with Crippen LogP contribution in [-0.2, 0) is 30.7 Å². The molecule has 0 atom stereocenters. The van der Waals surface area contributed by atoms with Gasteiger partial charge in [-0.15, -0.1) is 24.0 Å². The minimum absolute atomic E-state index is 0. The number of nitrogens with zero attached hydrogens (tertiary/aromatic N) is 1. The number of nitrogens with one attached hydrogen (secondary N) is 2. The average Bonchev–Trinajstić information content (AvgIpc) is 3.18. The monoisotopic (exact) mass is 549 g/mol. The molecular weight excluding hydrogens is 522 g/mol. The normalized spacial score (nSPS) is 13.2. The van der Waals surface area contributed by atoms with E-state index >= 15 is 0 Å². The lowest BCUT2D eigenvalue weighted by Gasteiger charge is -2.13. The molecule has 0 aliphatic carbocycles. The number of aliphatic imine (C=N–C) groups is 1. The van der Waals surface area contributed by atoms with Gasteiger partial charge in [-0.05, 0) is 34.7 Å². The molecule has 9 heteroatoms. The fourth-order valence-corrected chi connectivity index (χ4v) is 3.17. The van der Waals surface area contributed by atoms with Crippen LogP contribution in [0.15, 0.2) is 47.5 Å². The second-order valence-corrected chi connectivity index (χ2v) is 7.07. The summed E-state index contributed by atoms with van der Waals surface area (Å²) in [6, 6.07) is 13.6. The van der Waals surface area contributed by atoms with Gasteiger partial charge in [0, 0.05) is 26.6 Å². The summed E-state index contributed by atoms with van der Waals surface area (Å²) < 4.78 is 46.5. The van der Waals surface area contributed by atoms with Crippen molar-refractivity contribution in [1.82, 2.24) is 10.6 Å². The Kier molecular flexibility index (Phi) is 9.89. The van der Waals surface area contributed by atoms with Crippen molar-refractivity contribution < 1.29 is 22.6 Å². The highest BCUT2D eigenvalue weighted by Crippen LogP contribution is 2.25. The lowest BCUT2D eigenvalue weighted by Crippen LogP contribution is -2.37. The standard InChI is InChI=1S/C22H26F3N3O2.HI/c1-26-21(27-10-8-16-6-7-20-19(12-16)9-11-30-20)28-13-17-2-4-18(5-3-17)14-29-15-22(23,24)25;/h2-7,12H,8-11,13-15H2,1H3,(H2,26,27,28);1H. The van der Waals surface area contributed by atoms with Crippen molar-refractivity contribution in [3.05, 3.63) is 64.7 Å². The molecule has 170 valence electrons. The molecule has 1 aliphatic heterocycles. The molecule has 0 bridgehead atoms. The summed E-state index contributed by atoms with van der Waals surface area (Å²) in [5.41, 5.74) is 4.22. The first-order valence-electron chi connectivity index (χ1n) is 9.84. The molecule has 0 aromatic heterocycles. The molecule has 0 unspecified atom stereocenters. The van der Waals surface area contributed by atoms with Crippen LogP contribution in [0.3, 0.4) is 0 Å². The van der Waals surface area contributed by atoms with Crippen molar-refractivity contribution in [3.8, 4) is 5.75 Å². The van der Waals surface area contributed by atoms with Gasteiger partial charge in [-0.1, -0.05) is 36.4 Å². The summed E-state index contributed by atoms with van der Waals surface area (Å²) in [6.45, 7) is 0.756. The first-order valence-corrected chi connectivity index (χ1v) is 9.84. The lowest BCUT2D eigenvalue weighted by atomic mass is 10.1. The van der Waals surface area contributed by atoms with E-state index in [1.807, 2.05) is 18.2 Å². The van der Waals surface area contributed by atoms with Crippen molar-refractivity contribution in [2.75, 3.05) is 26.8 Å². The lowest BCUT2D eigenvalue weighted by molar-refractivity contribution is -0.176. The van der Waals surface area contributed by atoms with Crippen LogP contribution in [0, 0.1) is 0 Å². The molecule has 0 radical (unpaired) electrons. The smallest absolute Gasteiger partial charge is 0.411 e. The SMILES string of the molecule is CN=C(NCCc1ccc2c(c1)CCO2)NCc1ccc(COCC(F)(F)F)cc1.I. The molecule has 5 nitrogen and oxygen atoms in total. The van der Waals surface area contributed by atoms with Crippen LogP contribution in [0.4, 0.5) is 13.2 Å². The molecule has 3 rings (SSSR count). The Labute approximate surface area is 197 Å². The predicted molar refractivity (Wildman–Crippen MR) is 125 cm³/mol. The van der Waals surface area contributed by atoms with Gasteiger partial charge in [-0.25, -0.2) is 0 Å². The maximum Gasteiger partial charge on any atom is 0.411 e. The van der Waals surface area contributed by atoms with Crippen LogP contribution in [0.25, 0.3) is 0 Å². The summed E-state index contributed by atoms with van der Waals surface area (Å²) in [5, 5.41) is 6.53. The Morgan fingerprint density at radius 3 is 2.48 bits per heavy atom. The highest BCUT2D eigenvalue weighted by atomic mass is 127. The van der Waals surface area contributed by atoms with Gasteiger partial charge in [-0.3, -0.25) is 4.99 Å². The Balaban J connectivity index is 0.00000341. The van der Waals surface area contributed by atoms with Crippen LogP contribution < -0.4 is 15.4 Å². The third kappa shape index (κ3) is 8.56. The van der Waals surface area contributed by atoms with Crippen molar-refractivity contribution in [2.24, 2.45) is 4.99 Å². The molecular formula is C22H27F3IN3O2. The van der Waals surface area contributed by atoms with E-state index in [9.17, 15) is 13.2 Å². The van der Waals surface area contributed by atoms with Crippen molar-refractivity contribution >= 4 is 29.9 Å². The molecule has 0 saturated heterocycles. The molecule has 1 aliphatic rings. The average molecular weight is 549 g/mol. The molecule has 2 aromatic carbocycles. The maximum atomic E-state index is 12.1. The molecule has 0 saturated carbocycles. The summed E-state index contributed by atoms with van der Waals surface area (Å²) in [5.74, 6) is 1.68. The number of hydrogen-bond acceptors (Lipinski definition) is 3. The van der Waals surface area contributed by atoms with Crippen molar-refractivity contribution in [1.29, 1.82) is 0 Å². The van der Waals surface area contributed by atoms with E-state index in [4.69, 9.17) is 4.74 Å². The molecule has 2 N–H and O–H groups in total. The number of hydrogen-bond donors (Lipinski definition) is 2. The van der Waals surface area contributed by atoms with E-state index in [1.165, 1.54) is 11.1 Å². The van der Waals surface area contributed by atoms with Gasteiger partial charge in [-0.2, -0.15) is 13.2 Å². The summed E-state index contributed by atoms with van der Waals surface area (Å²) >= 11 is 0. The molecule has 0 fully saturated rings. The van der Waals surface area contributed by atoms with Crippen LogP contribution >= 0.6 is 24.0 Å². The second-order valence-electron chi connectivity index (χ2n) is 7.07. The molecule has 2 aromatic rings. The fraction of sp³-hybridized carbons (Fsp3) is 0.409. The van der Waals surface area contributed by atoms with Gasteiger partial charge in [0.2, 0.25) is 0 Å². The van der Waals surface area contributed by atoms with Crippen LogP contribution in [0.1, 0.15) is 22.3 Å². The number of halogens is 4. The van der Waals surface area contributed by atoms with E-state index in [0.717, 1.165) is 37.3 Å². The Morgan fingerprint density at radius 1 is 1.06 bits per heavy atom. The number of benzene rings is 2.